The zero-order chi connectivity index (χ0) is 24.0. The van der Waals surface area contributed by atoms with Gasteiger partial charge in [0.15, 0.2) is 17.8 Å². The summed E-state index contributed by atoms with van der Waals surface area (Å²) in [5.41, 5.74) is 1.97. The molecule has 1 saturated heterocycles. The summed E-state index contributed by atoms with van der Waals surface area (Å²) in [6.07, 6.45) is -0.333. The van der Waals surface area contributed by atoms with Crippen molar-refractivity contribution in [2.75, 3.05) is 31.7 Å². The maximum absolute atomic E-state index is 13.0. The number of carbonyl (C=O) groups is 1. The van der Waals surface area contributed by atoms with Crippen molar-refractivity contribution < 1.29 is 28.5 Å². The lowest BCUT2D eigenvalue weighted by Crippen LogP contribution is -2.40. The molecule has 3 rings (SSSR count). The fraction of sp³-hybridized carbons (Fsp3) is 0.500. The molecule has 2 aromatic carbocycles. The quantitative estimate of drug-likeness (QED) is 0.529. The summed E-state index contributed by atoms with van der Waals surface area (Å²) in [7, 11) is 0. The molecule has 180 valence electrons. The van der Waals surface area contributed by atoms with Gasteiger partial charge in [0.05, 0.1) is 32.5 Å². The summed E-state index contributed by atoms with van der Waals surface area (Å²) in [5, 5.41) is 2.93. The molecular formula is C26H35NO6. The third kappa shape index (κ3) is 5.97. The molecule has 7 heteroatoms. The summed E-state index contributed by atoms with van der Waals surface area (Å²) < 4.78 is 29.1. The highest BCUT2D eigenvalue weighted by atomic mass is 16.7. The Morgan fingerprint density at radius 1 is 1.00 bits per heavy atom. The average Bonchev–Trinajstić information content (AvgIpc) is 2.78. The van der Waals surface area contributed by atoms with E-state index in [0.29, 0.717) is 54.9 Å². The number of nitrogens with one attached hydrogen (secondary N) is 1. The van der Waals surface area contributed by atoms with Crippen LogP contribution in [0.5, 0.6) is 17.2 Å². The van der Waals surface area contributed by atoms with Gasteiger partial charge >= 0.3 is 0 Å². The molecule has 0 saturated carbocycles. The predicted octanol–water partition coefficient (Wildman–Crippen LogP) is 5.60. The first-order chi connectivity index (χ1) is 15.8. The topological polar surface area (TPSA) is 75.3 Å². The monoisotopic (exact) mass is 457 g/mol. The van der Waals surface area contributed by atoms with E-state index < -0.39 is 6.29 Å². The van der Waals surface area contributed by atoms with Crippen LogP contribution in [0.2, 0.25) is 0 Å². The van der Waals surface area contributed by atoms with Crippen molar-refractivity contribution in [2.24, 2.45) is 5.41 Å². The van der Waals surface area contributed by atoms with E-state index in [4.69, 9.17) is 23.7 Å². The summed E-state index contributed by atoms with van der Waals surface area (Å²) >= 11 is 0. The van der Waals surface area contributed by atoms with Gasteiger partial charge in [-0.2, -0.15) is 0 Å². The largest absolute Gasteiger partial charge is 0.490 e. The third-order valence-electron chi connectivity index (χ3n) is 5.65. The van der Waals surface area contributed by atoms with Gasteiger partial charge in [-0.05, 0) is 52.0 Å². The smallest absolute Gasteiger partial charge is 0.255 e. The molecule has 7 nitrogen and oxygen atoms in total. The van der Waals surface area contributed by atoms with E-state index in [9.17, 15) is 4.79 Å². The number of ether oxygens (including phenoxy) is 5. The highest BCUT2D eigenvalue weighted by Gasteiger charge is 2.35. The van der Waals surface area contributed by atoms with E-state index in [1.54, 1.807) is 12.1 Å². The van der Waals surface area contributed by atoms with Crippen LogP contribution in [0, 0.1) is 5.41 Å². The summed E-state index contributed by atoms with van der Waals surface area (Å²) in [5.74, 6) is 1.20. The second-order valence-corrected chi connectivity index (χ2v) is 8.59. The molecule has 0 bridgehead atoms. The maximum Gasteiger partial charge on any atom is 0.255 e. The normalized spacial score (nSPS) is 19.6. The van der Waals surface area contributed by atoms with E-state index in [1.807, 2.05) is 45.0 Å². The highest BCUT2D eigenvalue weighted by molar-refractivity contribution is 6.05. The molecular weight excluding hydrogens is 422 g/mol. The first-order valence-electron chi connectivity index (χ1n) is 11.5. The Labute approximate surface area is 196 Å². The van der Waals surface area contributed by atoms with Crippen molar-refractivity contribution in [1.29, 1.82) is 0 Å². The summed E-state index contributed by atoms with van der Waals surface area (Å²) in [6, 6.07) is 10.8. The molecule has 1 fully saturated rings. The number of carbonyl (C=O) groups excluding carboxylic acids is 1. The van der Waals surface area contributed by atoms with Crippen LogP contribution in [0.25, 0.3) is 0 Å². The number of hydrogen-bond donors (Lipinski definition) is 1. The number of anilines is 1. The fourth-order valence-electron chi connectivity index (χ4n) is 3.44. The Balaban J connectivity index is 1.75. The fourth-order valence-corrected chi connectivity index (χ4v) is 3.44. The Morgan fingerprint density at radius 2 is 1.58 bits per heavy atom. The first kappa shape index (κ1) is 24.9. The van der Waals surface area contributed by atoms with Crippen molar-refractivity contribution in [2.45, 2.75) is 53.9 Å². The van der Waals surface area contributed by atoms with Gasteiger partial charge in [-0.25, -0.2) is 0 Å². The van der Waals surface area contributed by atoms with Crippen molar-refractivity contribution in [3.63, 3.8) is 0 Å². The molecule has 0 radical (unpaired) electrons. The number of benzene rings is 2. The van der Waals surface area contributed by atoms with E-state index in [0.717, 1.165) is 5.56 Å². The van der Waals surface area contributed by atoms with Gasteiger partial charge in [0.1, 0.15) is 0 Å². The number of amides is 1. The Hall–Kier alpha value is -2.77. The average molecular weight is 458 g/mol. The summed E-state index contributed by atoms with van der Waals surface area (Å²) in [6.45, 7) is 13.9. The number of rotatable bonds is 9. The van der Waals surface area contributed by atoms with Crippen molar-refractivity contribution in [3.05, 3.63) is 47.5 Å². The molecule has 0 aromatic heterocycles. The van der Waals surface area contributed by atoms with Crippen LogP contribution in [0.3, 0.4) is 0 Å². The predicted molar refractivity (Wildman–Crippen MR) is 127 cm³/mol. The van der Waals surface area contributed by atoms with Crippen LogP contribution in [-0.4, -0.2) is 38.4 Å². The highest BCUT2D eigenvalue weighted by Crippen LogP contribution is 2.39. The SMILES string of the molecule is CCOc1cc(C(=O)Nc2ccc(C3OCC(C)(C)C(C)O3)cc2)cc(OCC)c1OCC. The van der Waals surface area contributed by atoms with E-state index >= 15 is 0 Å². The minimum absolute atomic E-state index is 0.0250. The minimum atomic E-state index is -0.411. The zero-order valence-corrected chi connectivity index (χ0v) is 20.4. The standard InChI is InChI=1S/C26H35NO6/c1-7-29-21-14-19(15-22(30-8-2)23(21)31-9-3)24(28)27-20-12-10-18(11-13-20)25-32-16-26(5,6)17(4)33-25/h10-15,17,25H,7-9,16H2,1-6H3,(H,27,28). The van der Waals surface area contributed by atoms with Gasteiger partial charge in [0.2, 0.25) is 5.75 Å². The van der Waals surface area contributed by atoms with Gasteiger partial charge in [0.25, 0.3) is 5.91 Å². The third-order valence-corrected chi connectivity index (χ3v) is 5.65. The first-order valence-corrected chi connectivity index (χ1v) is 11.5. The lowest BCUT2D eigenvalue weighted by atomic mass is 9.87. The maximum atomic E-state index is 13.0. The zero-order valence-electron chi connectivity index (χ0n) is 20.4. The van der Waals surface area contributed by atoms with Crippen molar-refractivity contribution in [1.82, 2.24) is 0 Å². The molecule has 1 heterocycles. The molecule has 1 aliphatic heterocycles. The molecule has 2 aromatic rings. The Bertz CT molecular complexity index is 913. The van der Waals surface area contributed by atoms with Crippen LogP contribution >= 0.6 is 0 Å². The number of hydrogen-bond acceptors (Lipinski definition) is 6. The molecule has 1 N–H and O–H groups in total. The van der Waals surface area contributed by atoms with E-state index in [1.165, 1.54) is 0 Å². The van der Waals surface area contributed by atoms with Gasteiger partial charge in [-0.3, -0.25) is 4.79 Å². The van der Waals surface area contributed by atoms with Crippen LogP contribution in [-0.2, 0) is 9.47 Å². The minimum Gasteiger partial charge on any atom is -0.490 e. The molecule has 2 unspecified atom stereocenters. The van der Waals surface area contributed by atoms with Crippen LogP contribution < -0.4 is 19.5 Å². The van der Waals surface area contributed by atoms with Crippen molar-refractivity contribution >= 4 is 11.6 Å². The lowest BCUT2D eigenvalue weighted by molar-refractivity contribution is -0.259. The van der Waals surface area contributed by atoms with E-state index in [-0.39, 0.29) is 17.4 Å². The molecule has 0 aliphatic carbocycles. The second kappa shape index (κ2) is 10.9. The van der Waals surface area contributed by atoms with Gasteiger partial charge in [-0.15, -0.1) is 0 Å². The molecule has 33 heavy (non-hydrogen) atoms. The Morgan fingerprint density at radius 3 is 2.09 bits per heavy atom. The molecule has 1 amide bonds. The summed E-state index contributed by atoms with van der Waals surface area (Å²) in [4.78, 5) is 13.0. The Kier molecular flexibility index (Phi) is 8.21. The van der Waals surface area contributed by atoms with Crippen molar-refractivity contribution in [3.8, 4) is 17.2 Å². The molecule has 1 aliphatic rings. The van der Waals surface area contributed by atoms with Crippen LogP contribution in [0.1, 0.15) is 63.8 Å². The van der Waals surface area contributed by atoms with Gasteiger partial charge < -0.3 is 29.0 Å². The lowest BCUT2D eigenvalue weighted by Gasteiger charge is -2.40. The molecule has 2 atom stereocenters. The van der Waals surface area contributed by atoms with Gasteiger partial charge in [-0.1, -0.05) is 26.0 Å². The van der Waals surface area contributed by atoms with Gasteiger partial charge in [0, 0.05) is 22.2 Å². The van der Waals surface area contributed by atoms with Crippen LogP contribution in [0.15, 0.2) is 36.4 Å². The molecule has 0 spiro atoms. The second-order valence-electron chi connectivity index (χ2n) is 8.59. The van der Waals surface area contributed by atoms with Crippen LogP contribution in [0.4, 0.5) is 5.69 Å². The van der Waals surface area contributed by atoms with E-state index in [2.05, 4.69) is 26.1 Å².